The number of hydrogen-bond donors (Lipinski definition) is 1. The first-order valence-electron chi connectivity index (χ1n) is 7.87. The third-order valence-corrected chi connectivity index (χ3v) is 4.30. The van der Waals surface area contributed by atoms with Gasteiger partial charge in [-0.2, -0.15) is 0 Å². The van der Waals surface area contributed by atoms with Crippen LogP contribution in [0.2, 0.25) is 0 Å². The van der Waals surface area contributed by atoms with E-state index in [1.807, 2.05) is 7.05 Å². The second-order valence-corrected chi connectivity index (χ2v) is 5.72. The number of furan rings is 1. The van der Waals surface area contributed by atoms with E-state index in [0.29, 0.717) is 12.0 Å². The topological polar surface area (TPSA) is 25.2 Å². The maximum Gasteiger partial charge on any atom is 0.137 e. The highest BCUT2D eigenvalue weighted by Crippen LogP contribution is 2.33. The zero-order valence-corrected chi connectivity index (χ0v) is 13.2. The van der Waals surface area contributed by atoms with Gasteiger partial charge in [-0.3, -0.25) is 0 Å². The fourth-order valence-electron chi connectivity index (χ4n) is 3.07. The summed E-state index contributed by atoms with van der Waals surface area (Å²) in [5.41, 5.74) is 2.25. The molecule has 2 heteroatoms. The summed E-state index contributed by atoms with van der Waals surface area (Å²) in [5.74, 6) is 1.72. The van der Waals surface area contributed by atoms with Gasteiger partial charge in [-0.1, -0.05) is 51.3 Å². The Balaban J connectivity index is 2.30. The van der Waals surface area contributed by atoms with Gasteiger partial charge in [0.05, 0.1) is 6.04 Å². The molecule has 0 saturated heterocycles. The van der Waals surface area contributed by atoms with E-state index < -0.39 is 0 Å². The van der Waals surface area contributed by atoms with Crippen molar-refractivity contribution in [2.24, 2.45) is 5.92 Å². The monoisotopic (exact) mass is 273 g/mol. The van der Waals surface area contributed by atoms with E-state index in [9.17, 15) is 0 Å². The molecular weight excluding hydrogens is 246 g/mol. The van der Waals surface area contributed by atoms with Crippen molar-refractivity contribution in [2.75, 3.05) is 7.05 Å². The van der Waals surface area contributed by atoms with E-state index in [2.05, 4.69) is 50.4 Å². The van der Waals surface area contributed by atoms with E-state index in [1.54, 1.807) is 0 Å². The third kappa shape index (κ3) is 3.06. The van der Waals surface area contributed by atoms with Crippen molar-refractivity contribution in [2.45, 2.75) is 52.5 Å². The quantitative estimate of drug-likeness (QED) is 0.748. The Morgan fingerprint density at radius 1 is 1.25 bits per heavy atom. The second kappa shape index (κ2) is 6.94. The normalized spacial score (nSPS) is 14.6. The molecule has 0 saturated carbocycles. The molecule has 0 fully saturated rings. The lowest BCUT2D eigenvalue weighted by molar-refractivity contribution is 0.300. The fraction of sp³-hybridized carbons (Fsp3) is 0.556. The van der Waals surface area contributed by atoms with Crippen LogP contribution in [0.25, 0.3) is 11.0 Å². The predicted molar refractivity (Wildman–Crippen MR) is 86.1 cm³/mol. The van der Waals surface area contributed by atoms with Crippen LogP contribution in [-0.2, 0) is 0 Å². The van der Waals surface area contributed by atoms with Gasteiger partial charge in [0.2, 0.25) is 0 Å². The largest absolute Gasteiger partial charge is 0.459 e. The number of para-hydroxylation sites is 1. The zero-order valence-electron chi connectivity index (χ0n) is 13.2. The lowest BCUT2D eigenvalue weighted by Gasteiger charge is -2.24. The molecule has 110 valence electrons. The Bertz CT molecular complexity index is 543. The van der Waals surface area contributed by atoms with Crippen LogP contribution in [0.5, 0.6) is 0 Å². The third-order valence-electron chi connectivity index (χ3n) is 4.30. The molecule has 1 aromatic heterocycles. The summed E-state index contributed by atoms with van der Waals surface area (Å²) in [4.78, 5) is 0. The minimum absolute atomic E-state index is 0.318. The Morgan fingerprint density at radius 2 is 2.05 bits per heavy atom. The molecule has 2 unspecified atom stereocenters. The van der Waals surface area contributed by atoms with Crippen molar-refractivity contribution in [1.82, 2.24) is 5.32 Å². The van der Waals surface area contributed by atoms with Crippen molar-refractivity contribution >= 4 is 11.0 Å². The molecule has 1 heterocycles. The van der Waals surface area contributed by atoms with Gasteiger partial charge in [0.25, 0.3) is 0 Å². The average molecular weight is 273 g/mol. The van der Waals surface area contributed by atoms with Gasteiger partial charge in [0, 0.05) is 5.39 Å². The van der Waals surface area contributed by atoms with Crippen LogP contribution in [0.4, 0.5) is 0 Å². The molecule has 1 N–H and O–H groups in total. The summed E-state index contributed by atoms with van der Waals surface area (Å²) >= 11 is 0. The first-order valence-corrected chi connectivity index (χ1v) is 7.87. The first-order chi connectivity index (χ1) is 9.71. The molecule has 0 aliphatic rings. The van der Waals surface area contributed by atoms with Crippen LogP contribution in [0.1, 0.15) is 56.9 Å². The van der Waals surface area contributed by atoms with E-state index in [1.165, 1.54) is 36.6 Å². The van der Waals surface area contributed by atoms with Gasteiger partial charge in [-0.15, -0.1) is 0 Å². The summed E-state index contributed by atoms with van der Waals surface area (Å²) in [6.45, 7) is 6.64. The van der Waals surface area contributed by atoms with Gasteiger partial charge in [0.1, 0.15) is 11.3 Å². The second-order valence-electron chi connectivity index (χ2n) is 5.72. The first kappa shape index (κ1) is 15.1. The predicted octanol–water partition coefficient (Wildman–Crippen LogP) is 5.22. The number of fused-ring (bicyclic) bond motifs is 1. The van der Waals surface area contributed by atoms with Crippen LogP contribution >= 0.6 is 0 Å². The fourth-order valence-corrected chi connectivity index (χ4v) is 3.07. The summed E-state index contributed by atoms with van der Waals surface area (Å²) in [5, 5.41) is 4.68. The molecule has 0 amide bonds. The van der Waals surface area contributed by atoms with Gasteiger partial charge >= 0.3 is 0 Å². The molecule has 2 atom stereocenters. The maximum atomic E-state index is 6.15. The highest BCUT2D eigenvalue weighted by Gasteiger charge is 2.23. The molecule has 2 aromatic rings. The van der Waals surface area contributed by atoms with Crippen LogP contribution in [0, 0.1) is 12.8 Å². The van der Waals surface area contributed by atoms with Gasteiger partial charge in [0.15, 0.2) is 0 Å². The highest BCUT2D eigenvalue weighted by atomic mass is 16.3. The molecule has 0 bridgehead atoms. The molecule has 1 aromatic carbocycles. The number of aryl methyl sites for hydroxylation is 1. The molecule has 0 spiro atoms. The molecule has 0 radical (unpaired) electrons. The molecular formula is C18H27NO. The zero-order chi connectivity index (χ0) is 14.5. The number of unbranched alkanes of at least 4 members (excludes halogenated alkanes) is 1. The Labute approximate surface area is 122 Å². The standard InChI is InChI=1S/C18H27NO/c1-5-7-10-14(6-2)17(19-4)16-12-15-11-8-9-13(3)18(15)20-16/h8-9,11-12,14,17,19H,5-7,10H2,1-4H3. The van der Waals surface area contributed by atoms with Crippen LogP contribution < -0.4 is 5.32 Å². The minimum Gasteiger partial charge on any atom is -0.459 e. The van der Waals surface area contributed by atoms with Crippen molar-refractivity contribution in [3.05, 3.63) is 35.6 Å². The number of nitrogens with one attached hydrogen (secondary N) is 1. The molecule has 20 heavy (non-hydrogen) atoms. The smallest absolute Gasteiger partial charge is 0.137 e. The van der Waals surface area contributed by atoms with Crippen LogP contribution in [0.15, 0.2) is 28.7 Å². The van der Waals surface area contributed by atoms with E-state index in [-0.39, 0.29) is 0 Å². The van der Waals surface area contributed by atoms with Crippen molar-refractivity contribution in [3.8, 4) is 0 Å². The van der Waals surface area contributed by atoms with Gasteiger partial charge < -0.3 is 9.73 Å². The van der Waals surface area contributed by atoms with E-state index in [0.717, 1.165) is 11.3 Å². The summed E-state index contributed by atoms with van der Waals surface area (Å²) in [7, 11) is 2.04. The van der Waals surface area contributed by atoms with Crippen molar-refractivity contribution in [1.29, 1.82) is 0 Å². The van der Waals surface area contributed by atoms with Crippen molar-refractivity contribution in [3.63, 3.8) is 0 Å². The molecule has 0 aliphatic carbocycles. The number of benzene rings is 1. The van der Waals surface area contributed by atoms with Crippen molar-refractivity contribution < 1.29 is 4.42 Å². The summed E-state index contributed by atoms with van der Waals surface area (Å²) in [6, 6.07) is 8.86. The number of hydrogen-bond acceptors (Lipinski definition) is 2. The molecule has 2 nitrogen and oxygen atoms in total. The van der Waals surface area contributed by atoms with Crippen LogP contribution in [0.3, 0.4) is 0 Å². The Morgan fingerprint density at radius 3 is 2.65 bits per heavy atom. The Hall–Kier alpha value is -1.28. The van der Waals surface area contributed by atoms with Crippen LogP contribution in [-0.4, -0.2) is 7.05 Å². The molecule has 0 aliphatic heterocycles. The van der Waals surface area contributed by atoms with E-state index in [4.69, 9.17) is 4.42 Å². The highest BCUT2D eigenvalue weighted by molar-refractivity contribution is 5.81. The number of rotatable bonds is 7. The maximum absolute atomic E-state index is 6.15. The lowest BCUT2D eigenvalue weighted by atomic mass is 9.90. The SMILES string of the molecule is CCCCC(CC)C(NC)c1cc2cccc(C)c2o1. The van der Waals surface area contributed by atoms with Gasteiger partial charge in [-0.05, 0) is 37.9 Å². The summed E-state index contributed by atoms with van der Waals surface area (Å²) < 4.78 is 6.15. The van der Waals surface area contributed by atoms with E-state index >= 15 is 0 Å². The average Bonchev–Trinajstić information content (AvgIpc) is 2.88. The molecule has 2 rings (SSSR count). The lowest BCUT2D eigenvalue weighted by Crippen LogP contribution is -2.24. The van der Waals surface area contributed by atoms with Gasteiger partial charge in [-0.25, -0.2) is 0 Å². The minimum atomic E-state index is 0.318. The summed E-state index contributed by atoms with van der Waals surface area (Å²) in [6.07, 6.45) is 4.98. The Kier molecular flexibility index (Phi) is 5.24.